The zero-order chi connectivity index (χ0) is 16.2. The number of hydrogen-bond acceptors (Lipinski definition) is 4. The molecule has 0 aliphatic carbocycles. The Morgan fingerprint density at radius 1 is 1.13 bits per heavy atom. The van der Waals surface area contributed by atoms with Crippen molar-refractivity contribution in [3.05, 3.63) is 77.3 Å². The average molecular weight is 307 g/mol. The maximum Gasteiger partial charge on any atom is 0.239 e. The molecule has 0 fully saturated rings. The third kappa shape index (κ3) is 3.45. The summed E-state index contributed by atoms with van der Waals surface area (Å²) in [4.78, 5) is 17.1. The van der Waals surface area contributed by atoms with Crippen LogP contribution in [0.5, 0.6) is 0 Å². The molecule has 0 spiro atoms. The molecule has 2 aromatic heterocycles. The molecule has 1 atom stereocenters. The van der Waals surface area contributed by atoms with Crippen molar-refractivity contribution in [1.82, 2.24) is 10.1 Å². The van der Waals surface area contributed by atoms with Crippen LogP contribution in [0.4, 0.5) is 5.82 Å². The maximum absolute atomic E-state index is 12.8. The number of nitrogens with zero attached hydrogens (tertiary/aromatic N) is 2. The number of amides is 1. The number of pyridine rings is 1. The topological polar surface area (TPSA) is 68.0 Å². The van der Waals surface area contributed by atoms with Crippen molar-refractivity contribution < 1.29 is 9.32 Å². The van der Waals surface area contributed by atoms with E-state index in [-0.39, 0.29) is 5.91 Å². The summed E-state index contributed by atoms with van der Waals surface area (Å²) >= 11 is 0. The van der Waals surface area contributed by atoms with Crippen LogP contribution in [0, 0.1) is 13.8 Å². The van der Waals surface area contributed by atoms with Crippen LogP contribution < -0.4 is 5.32 Å². The smallest absolute Gasteiger partial charge is 0.239 e. The quantitative estimate of drug-likeness (QED) is 0.801. The van der Waals surface area contributed by atoms with Crippen molar-refractivity contribution in [3.8, 4) is 0 Å². The van der Waals surface area contributed by atoms with Gasteiger partial charge in [-0.15, -0.1) is 0 Å². The number of benzene rings is 1. The van der Waals surface area contributed by atoms with Gasteiger partial charge >= 0.3 is 0 Å². The monoisotopic (exact) mass is 307 g/mol. The third-order valence-corrected chi connectivity index (χ3v) is 3.54. The molecule has 1 unspecified atom stereocenters. The first-order valence-electron chi connectivity index (χ1n) is 7.35. The predicted octanol–water partition coefficient (Wildman–Crippen LogP) is 3.46. The normalized spacial score (nSPS) is 11.9. The molecule has 0 bridgehead atoms. The van der Waals surface area contributed by atoms with E-state index in [0.29, 0.717) is 17.3 Å². The van der Waals surface area contributed by atoms with Gasteiger partial charge in [-0.25, -0.2) is 0 Å². The van der Waals surface area contributed by atoms with Crippen LogP contribution in [0.1, 0.15) is 28.5 Å². The minimum absolute atomic E-state index is 0.194. The van der Waals surface area contributed by atoms with Crippen molar-refractivity contribution in [3.63, 3.8) is 0 Å². The number of aromatic nitrogens is 2. The van der Waals surface area contributed by atoms with Gasteiger partial charge in [-0.3, -0.25) is 9.78 Å². The molecule has 116 valence electrons. The highest BCUT2D eigenvalue weighted by Crippen LogP contribution is 2.25. The lowest BCUT2D eigenvalue weighted by molar-refractivity contribution is -0.116. The molecule has 1 aromatic carbocycles. The lowest BCUT2D eigenvalue weighted by Crippen LogP contribution is -2.23. The number of aryl methyl sites for hydroxylation is 2. The average Bonchev–Trinajstić information content (AvgIpc) is 2.95. The standard InChI is InChI=1S/C18H17N3O2/c1-12-6-8-14(9-7-12)17(15-5-3-4-10-19-15)18(22)20-16-11-13(2)23-21-16/h3-11,17H,1-2H3,(H,20,21,22). The van der Waals surface area contributed by atoms with Crippen LogP contribution >= 0.6 is 0 Å². The Morgan fingerprint density at radius 2 is 1.91 bits per heavy atom. The molecule has 0 aliphatic rings. The van der Waals surface area contributed by atoms with E-state index in [9.17, 15) is 4.79 Å². The fraction of sp³-hybridized carbons (Fsp3) is 0.167. The van der Waals surface area contributed by atoms with Gasteiger partial charge in [0, 0.05) is 12.3 Å². The number of nitrogens with one attached hydrogen (secondary N) is 1. The van der Waals surface area contributed by atoms with Gasteiger partial charge in [0.25, 0.3) is 0 Å². The molecular formula is C18H17N3O2. The van der Waals surface area contributed by atoms with Crippen LogP contribution in [-0.2, 0) is 4.79 Å². The van der Waals surface area contributed by atoms with Crippen LogP contribution in [-0.4, -0.2) is 16.0 Å². The number of rotatable bonds is 4. The molecular weight excluding hydrogens is 290 g/mol. The highest BCUT2D eigenvalue weighted by molar-refractivity contribution is 5.97. The zero-order valence-electron chi connectivity index (χ0n) is 13.0. The second-order valence-electron chi connectivity index (χ2n) is 5.41. The van der Waals surface area contributed by atoms with E-state index in [0.717, 1.165) is 11.1 Å². The van der Waals surface area contributed by atoms with Crippen LogP contribution in [0.15, 0.2) is 59.3 Å². The number of hydrogen-bond donors (Lipinski definition) is 1. The number of carbonyl (C=O) groups is 1. The molecule has 0 saturated carbocycles. The van der Waals surface area contributed by atoms with Gasteiger partial charge in [-0.1, -0.05) is 41.1 Å². The lowest BCUT2D eigenvalue weighted by Gasteiger charge is -2.16. The number of anilines is 1. The van der Waals surface area contributed by atoms with Crippen LogP contribution in [0.25, 0.3) is 0 Å². The van der Waals surface area contributed by atoms with Gasteiger partial charge in [-0.05, 0) is 31.5 Å². The highest BCUT2D eigenvalue weighted by atomic mass is 16.5. The Morgan fingerprint density at radius 3 is 2.52 bits per heavy atom. The van der Waals surface area contributed by atoms with Crippen molar-refractivity contribution in [2.75, 3.05) is 5.32 Å². The molecule has 2 heterocycles. The summed E-state index contributed by atoms with van der Waals surface area (Å²) in [6.07, 6.45) is 1.68. The zero-order valence-corrected chi connectivity index (χ0v) is 13.0. The van der Waals surface area contributed by atoms with E-state index in [1.165, 1.54) is 0 Å². The van der Waals surface area contributed by atoms with Gasteiger partial charge in [-0.2, -0.15) is 0 Å². The van der Waals surface area contributed by atoms with Gasteiger partial charge in [0.1, 0.15) is 11.7 Å². The Balaban J connectivity index is 1.94. The van der Waals surface area contributed by atoms with Crippen molar-refractivity contribution in [1.29, 1.82) is 0 Å². The summed E-state index contributed by atoms with van der Waals surface area (Å²) in [5, 5.41) is 6.60. The summed E-state index contributed by atoms with van der Waals surface area (Å²) in [6.45, 7) is 3.79. The molecule has 0 aliphatic heterocycles. The van der Waals surface area contributed by atoms with E-state index in [2.05, 4.69) is 15.5 Å². The van der Waals surface area contributed by atoms with Crippen molar-refractivity contribution in [2.24, 2.45) is 0 Å². The van der Waals surface area contributed by atoms with Gasteiger partial charge in [0.2, 0.25) is 5.91 Å². The first-order chi connectivity index (χ1) is 11.1. The Bertz CT molecular complexity index is 795. The van der Waals surface area contributed by atoms with E-state index < -0.39 is 5.92 Å². The van der Waals surface area contributed by atoms with Crippen molar-refractivity contribution in [2.45, 2.75) is 19.8 Å². The second kappa shape index (κ2) is 6.44. The molecule has 23 heavy (non-hydrogen) atoms. The fourth-order valence-corrected chi connectivity index (χ4v) is 2.39. The van der Waals surface area contributed by atoms with E-state index >= 15 is 0 Å². The Kier molecular flexibility index (Phi) is 4.19. The van der Waals surface area contributed by atoms with Gasteiger partial charge < -0.3 is 9.84 Å². The minimum atomic E-state index is -0.506. The third-order valence-electron chi connectivity index (χ3n) is 3.54. The molecule has 5 nitrogen and oxygen atoms in total. The summed E-state index contributed by atoms with van der Waals surface area (Å²) in [7, 11) is 0. The number of carbonyl (C=O) groups excluding carboxylic acids is 1. The summed E-state index contributed by atoms with van der Waals surface area (Å²) in [5.41, 5.74) is 2.71. The van der Waals surface area contributed by atoms with E-state index in [1.54, 1.807) is 19.2 Å². The molecule has 1 amide bonds. The second-order valence-corrected chi connectivity index (χ2v) is 5.41. The molecule has 0 saturated heterocycles. The fourth-order valence-electron chi connectivity index (χ4n) is 2.39. The summed E-state index contributed by atoms with van der Waals surface area (Å²) < 4.78 is 4.99. The molecule has 1 N–H and O–H groups in total. The van der Waals surface area contributed by atoms with Crippen LogP contribution in [0.2, 0.25) is 0 Å². The van der Waals surface area contributed by atoms with Gasteiger partial charge in [0.05, 0.1) is 5.69 Å². The Hall–Kier alpha value is -2.95. The van der Waals surface area contributed by atoms with E-state index in [1.807, 2.05) is 49.4 Å². The molecule has 0 radical (unpaired) electrons. The van der Waals surface area contributed by atoms with E-state index in [4.69, 9.17) is 4.52 Å². The highest BCUT2D eigenvalue weighted by Gasteiger charge is 2.24. The first kappa shape index (κ1) is 15.0. The largest absolute Gasteiger partial charge is 0.360 e. The SMILES string of the molecule is Cc1ccc(C(C(=O)Nc2cc(C)on2)c2ccccn2)cc1. The lowest BCUT2D eigenvalue weighted by atomic mass is 9.93. The minimum Gasteiger partial charge on any atom is -0.360 e. The summed E-state index contributed by atoms with van der Waals surface area (Å²) in [5.74, 6) is 0.347. The maximum atomic E-state index is 12.8. The molecule has 5 heteroatoms. The summed E-state index contributed by atoms with van der Waals surface area (Å²) in [6, 6.07) is 15.1. The molecule has 3 aromatic rings. The predicted molar refractivity (Wildman–Crippen MR) is 87.1 cm³/mol. The Labute approximate surface area is 134 Å². The molecule has 3 rings (SSSR count). The van der Waals surface area contributed by atoms with Gasteiger partial charge in [0.15, 0.2) is 5.82 Å². The van der Waals surface area contributed by atoms with Crippen molar-refractivity contribution >= 4 is 11.7 Å². The van der Waals surface area contributed by atoms with Crippen LogP contribution in [0.3, 0.4) is 0 Å². The first-order valence-corrected chi connectivity index (χ1v) is 7.35.